The fourth-order valence-electron chi connectivity index (χ4n) is 4.72. The number of fused-ring (bicyclic) bond motifs is 2. The van der Waals surface area contributed by atoms with Gasteiger partial charge in [0.05, 0.1) is 41.7 Å². The number of rotatable bonds is 5. The topological polar surface area (TPSA) is 89.0 Å². The molecule has 3 aromatic rings. The van der Waals surface area contributed by atoms with Crippen molar-refractivity contribution in [1.29, 1.82) is 0 Å². The first-order chi connectivity index (χ1) is 14.8. The monoisotopic (exact) mass is 455 g/mol. The van der Waals surface area contributed by atoms with E-state index < -0.39 is 18.0 Å². The van der Waals surface area contributed by atoms with Crippen molar-refractivity contribution in [1.82, 2.24) is 9.30 Å². The third-order valence-electron chi connectivity index (χ3n) is 6.09. The van der Waals surface area contributed by atoms with E-state index in [-0.39, 0.29) is 23.6 Å². The standard InChI is InChI=1S/C22H21N3O4S2/c1-11-15(18(22(28)29)25-17(11)16(12(2)26)19(25)27)14-9-24-10-23(3)20(21(24)31-14)30-13-7-5-4-6-8-13/h4-12,16-17,26H,1-3H3/t11-,12+,16+,17+/m0/s1. The summed E-state index contributed by atoms with van der Waals surface area (Å²) in [5.74, 6) is -2.51. The van der Waals surface area contributed by atoms with Gasteiger partial charge in [-0.05, 0) is 30.8 Å². The Morgan fingerprint density at radius 2 is 2.03 bits per heavy atom. The molecule has 1 fully saturated rings. The molecular weight excluding hydrogens is 434 g/mol. The lowest BCUT2D eigenvalue weighted by atomic mass is 9.77. The van der Waals surface area contributed by atoms with Crippen LogP contribution in [0.15, 0.2) is 58.5 Å². The highest BCUT2D eigenvalue weighted by atomic mass is 32.2. The van der Waals surface area contributed by atoms with Crippen LogP contribution in [0.3, 0.4) is 0 Å². The zero-order chi connectivity index (χ0) is 22.0. The number of benzene rings is 1. The molecule has 4 atom stereocenters. The number of nitrogens with zero attached hydrogens (tertiary/aromatic N) is 3. The number of amides is 1. The molecule has 0 radical (unpaired) electrons. The van der Waals surface area contributed by atoms with Gasteiger partial charge in [-0.15, -0.1) is 0 Å². The number of aryl methyl sites for hydroxylation is 1. The van der Waals surface area contributed by atoms with Gasteiger partial charge in [0, 0.05) is 16.4 Å². The number of aromatic nitrogens is 2. The van der Waals surface area contributed by atoms with Crippen LogP contribution in [0, 0.1) is 11.8 Å². The highest BCUT2D eigenvalue weighted by molar-refractivity contribution is 7.99. The third-order valence-corrected chi connectivity index (χ3v) is 8.54. The van der Waals surface area contributed by atoms with Crippen LogP contribution in [0.1, 0.15) is 18.7 Å². The highest BCUT2D eigenvalue weighted by Gasteiger charge is 2.59. The van der Waals surface area contributed by atoms with E-state index in [2.05, 4.69) is 0 Å². The molecule has 1 amide bonds. The summed E-state index contributed by atoms with van der Waals surface area (Å²) in [6, 6.07) is 9.70. The number of β-lactam (4-membered cyclic amide) rings is 1. The zero-order valence-electron chi connectivity index (χ0n) is 17.2. The molecule has 5 rings (SSSR count). The van der Waals surface area contributed by atoms with Crippen LogP contribution in [0.2, 0.25) is 0 Å². The summed E-state index contributed by atoms with van der Waals surface area (Å²) in [6.45, 7) is 3.49. The predicted molar refractivity (Wildman–Crippen MR) is 114 cm³/mol. The smallest absolute Gasteiger partial charge is 0.250 e. The number of aliphatic hydroxyl groups excluding tert-OH is 1. The van der Waals surface area contributed by atoms with E-state index in [1.54, 1.807) is 18.7 Å². The van der Waals surface area contributed by atoms with E-state index in [9.17, 15) is 19.8 Å². The van der Waals surface area contributed by atoms with Gasteiger partial charge in [-0.3, -0.25) is 4.79 Å². The first kappa shape index (κ1) is 20.3. The van der Waals surface area contributed by atoms with Gasteiger partial charge in [-0.2, -0.15) is 4.40 Å². The quantitative estimate of drug-likeness (QED) is 0.463. The second kappa shape index (κ2) is 7.22. The lowest BCUT2D eigenvalue weighted by Crippen LogP contribution is -2.64. The number of hydrogen-bond acceptors (Lipinski definition) is 6. The van der Waals surface area contributed by atoms with Crippen LogP contribution < -0.4 is 9.67 Å². The first-order valence-corrected chi connectivity index (χ1v) is 11.6. The van der Waals surface area contributed by atoms with Gasteiger partial charge >= 0.3 is 0 Å². The first-order valence-electron chi connectivity index (χ1n) is 9.99. The van der Waals surface area contributed by atoms with Crippen LogP contribution in [0.5, 0.6) is 0 Å². The fourth-order valence-corrected chi connectivity index (χ4v) is 7.08. The van der Waals surface area contributed by atoms with Crippen molar-refractivity contribution in [3.63, 3.8) is 0 Å². The highest BCUT2D eigenvalue weighted by Crippen LogP contribution is 2.51. The van der Waals surface area contributed by atoms with E-state index in [1.165, 1.54) is 16.2 Å². The molecule has 7 nitrogen and oxygen atoms in total. The summed E-state index contributed by atoms with van der Waals surface area (Å²) in [4.78, 5) is 28.8. The van der Waals surface area contributed by atoms with Gasteiger partial charge in [0.1, 0.15) is 6.20 Å². The molecule has 1 aromatic carbocycles. The van der Waals surface area contributed by atoms with E-state index in [0.29, 0.717) is 5.57 Å². The average Bonchev–Trinajstić information content (AvgIpc) is 3.31. The molecule has 4 heterocycles. The van der Waals surface area contributed by atoms with Crippen LogP contribution in [0.25, 0.3) is 10.4 Å². The van der Waals surface area contributed by atoms with Crippen molar-refractivity contribution in [2.75, 3.05) is 0 Å². The summed E-state index contributed by atoms with van der Waals surface area (Å²) in [5.41, 5.74) is 0.541. The summed E-state index contributed by atoms with van der Waals surface area (Å²) in [5, 5.41) is 23.1. The lowest BCUT2D eigenvalue weighted by Gasteiger charge is -2.47. The second-order valence-electron chi connectivity index (χ2n) is 8.06. The van der Waals surface area contributed by atoms with Gasteiger partial charge in [0.15, 0.2) is 0 Å². The Morgan fingerprint density at radius 3 is 2.68 bits per heavy atom. The lowest BCUT2D eigenvalue weighted by molar-refractivity contribution is -0.705. The molecule has 0 saturated carbocycles. The van der Waals surface area contributed by atoms with Gasteiger partial charge in [0.2, 0.25) is 22.1 Å². The van der Waals surface area contributed by atoms with Crippen molar-refractivity contribution in [3.8, 4) is 0 Å². The maximum atomic E-state index is 12.6. The Morgan fingerprint density at radius 1 is 1.32 bits per heavy atom. The predicted octanol–water partition coefficient (Wildman–Crippen LogP) is 1.29. The Hall–Kier alpha value is -2.62. The molecule has 2 aliphatic rings. The summed E-state index contributed by atoms with van der Waals surface area (Å²) in [6.07, 6.45) is 3.04. The third kappa shape index (κ3) is 2.95. The molecule has 160 valence electrons. The summed E-state index contributed by atoms with van der Waals surface area (Å²) >= 11 is 3.14. The Balaban J connectivity index is 1.59. The van der Waals surface area contributed by atoms with Gasteiger partial charge in [-0.25, -0.2) is 4.57 Å². The van der Waals surface area contributed by atoms with Gasteiger partial charge in [-0.1, -0.05) is 36.5 Å². The molecule has 2 aromatic heterocycles. The fraction of sp³-hybridized carbons (Fsp3) is 0.318. The number of aliphatic carboxylic acids is 1. The maximum Gasteiger partial charge on any atom is 0.250 e. The van der Waals surface area contributed by atoms with Crippen molar-refractivity contribution in [3.05, 3.63) is 53.4 Å². The number of carbonyl (C=O) groups is 2. The number of thiazole rings is 1. The average molecular weight is 456 g/mol. The minimum absolute atomic E-state index is 0.0643. The summed E-state index contributed by atoms with van der Waals surface area (Å²) in [7, 11) is 1.98. The van der Waals surface area contributed by atoms with Crippen LogP contribution in [0.4, 0.5) is 0 Å². The van der Waals surface area contributed by atoms with E-state index in [0.717, 1.165) is 19.6 Å². The normalized spacial score (nSPS) is 23.9. The molecular formula is C22H21N3O4S2. The van der Waals surface area contributed by atoms with E-state index >= 15 is 0 Å². The Labute approximate surface area is 187 Å². The summed E-state index contributed by atoms with van der Waals surface area (Å²) < 4.78 is 4.03. The molecule has 2 aliphatic heterocycles. The number of carbonyl (C=O) groups excluding carboxylic acids is 2. The molecule has 1 saturated heterocycles. The minimum atomic E-state index is -1.36. The van der Waals surface area contributed by atoms with E-state index in [1.807, 2.05) is 65.8 Å². The Bertz CT molecular complexity index is 1240. The number of imidazole rings is 1. The van der Waals surface area contributed by atoms with Crippen LogP contribution in [-0.2, 0) is 16.6 Å². The molecule has 0 bridgehead atoms. The molecule has 0 spiro atoms. The number of carboxylic acids is 1. The van der Waals surface area contributed by atoms with Gasteiger partial charge < -0.3 is 19.9 Å². The number of aliphatic hydroxyl groups is 1. The molecule has 31 heavy (non-hydrogen) atoms. The van der Waals surface area contributed by atoms with Crippen molar-refractivity contribution in [2.24, 2.45) is 18.9 Å². The van der Waals surface area contributed by atoms with Crippen LogP contribution >= 0.6 is 23.1 Å². The molecule has 0 unspecified atom stereocenters. The number of hydrogen-bond donors (Lipinski definition) is 1. The minimum Gasteiger partial charge on any atom is -0.543 e. The second-order valence-corrected chi connectivity index (χ2v) is 10.2. The van der Waals surface area contributed by atoms with Crippen molar-refractivity contribution >= 4 is 45.4 Å². The molecule has 1 N–H and O–H groups in total. The molecule has 9 heteroatoms. The maximum absolute atomic E-state index is 12.6. The van der Waals surface area contributed by atoms with Gasteiger partial charge in [0.25, 0.3) is 0 Å². The number of carboxylic acid groups (broad SMARTS) is 1. The zero-order valence-corrected chi connectivity index (χ0v) is 18.8. The van der Waals surface area contributed by atoms with Crippen LogP contribution in [-0.4, -0.2) is 38.4 Å². The van der Waals surface area contributed by atoms with Crippen molar-refractivity contribution < 1.29 is 24.4 Å². The Kier molecular flexibility index (Phi) is 4.72. The largest absolute Gasteiger partial charge is 0.543 e. The molecule has 0 aliphatic carbocycles. The van der Waals surface area contributed by atoms with E-state index in [4.69, 9.17) is 0 Å². The van der Waals surface area contributed by atoms with Crippen molar-refractivity contribution in [2.45, 2.75) is 35.9 Å². The SMILES string of the molecule is C[C@@H](O)[C@H]1C(=O)N2C(C(=O)[O-])=C(c3cn4c[n+](C)c(Sc5ccccc5)c4s3)[C@H](C)[C@H]12.